The minimum Gasteiger partial charge on any atom is -0.360 e. The van der Waals surface area contributed by atoms with E-state index < -0.39 is 0 Å². The summed E-state index contributed by atoms with van der Waals surface area (Å²) in [4.78, 5) is 14.5. The molecule has 2 nitrogen and oxygen atoms in total. The molecule has 1 aliphatic heterocycles. The van der Waals surface area contributed by atoms with Gasteiger partial charge < -0.3 is 4.90 Å². The van der Waals surface area contributed by atoms with Crippen molar-refractivity contribution >= 4 is 28.9 Å². The van der Waals surface area contributed by atoms with Gasteiger partial charge in [-0.05, 0) is 16.9 Å². The van der Waals surface area contributed by atoms with Gasteiger partial charge in [0.15, 0.2) is 5.78 Å². The highest BCUT2D eigenvalue weighted by Gasteiger charge is 2.12. The second kappa shape index (κ2) is 3.98. The van der Waals surface area contributed by atoms with Crippen LogP contribution in [-0.4, -0.2) is 23.1 Å². The van der Waals surface area contributed by atoms with Gasteiger partial charge in [-0.1, -0.05) is 6.07 Å². The molecular weight excluding hydrogens is 202 g/mol. The van der Waals surface area contributed by atoms with Gasteiger partial charge in [0.1, 0.15) is 0 Å². The first-order chi connectivity index (χ1) is 6.36. The lowest BCUT2D eigenvalue weighted by Crippen LogP contribution is -2.21. The first-order valence-electron chi connectivity index (χ1n) is 3.95. The summed E-state index contributed by atoms with van der Waals surface area (Å²) in [6.45, 7) is 0.504. The summed E-state index contributed by atoms with van der Waals surface area (Å²) in [5.41, 5.74) is 0. The Balaban J connectivity index is 1.95. The molecule has 2 rings (SSSR count). The molecule has 0 bridgehead atoms. The number of nitrogens with zero attached hydrogens (tertiary/aromatic N) is 1. The molecule has 0 saturated heterocycles. The zero-order valence-electron chi connectivity index (χ0n) is 6.97. The van der Waals surface area contributed by atoms with Crippen molar-refractivity contribution in [3.63, 3.8) is 0 Å². The summed E-state index contributed by atoms with van der Waals surface area (Å²) in [6, 6.07) is 3.78. The van der Waals surface area contributed by atoms with E-state index in [0.717, 1.165) is 10.8 Å². The van der Waals surface area contributed by atoms with E-state index in [1.807, 2.05) is 34.0 Å². The van der Waals surface area contributed by atoms with Crippen molar-refractivity contribution in [1.29, 1.82) is 0 Å². The number of hydrogen-bond acceptors (Lipinski definition) is 4. The maximum atomic E-state index is 11.6. The summed E-state index contributed by atoms with van der Waals surface area (Å²) >= 11 is 3.23. The average molecular weight is 211 g/mol. The number of carbonyl (C=O) groups excluding carboxylic acids is 1. The van der Waals surface area contributed by atoms with E-state index in [9.17, 15) is 4.79 Å². The quantitative estimate of drug-likeness (QED) is 0.716. The van der Waals surface area contributed by atoms with Crippen LogP contribution >= 0.6 is 23.1 Å². The van der Waals surface area contributed by atoms with Gasteiger partial charge in [0.25, 0.3) is 0 Å². The molecule has 0 saturated carbocycles. The Morgan fingerprint density at radius 1 is 1.62 bits per heavy atom. The fourth-order valence-electron chi connectivity index (χ4n) is 1.11. The highest BCUT2D eigenvalue weighted by Crippen LogP contribution is 2.16. The van der Waals surface area contributed by atoms with Crippen molar-refractivity contribution in [1.82, 2.24) is 4.90 Å². The SMILES string of the molecule is O=C(CN1C=CSC1)c1cccs1. The molecule has 2 heterocycles. The molecule has 1 aromatic rings. The van der Waals surface area contributed by atoms with Crippen LogP contribution in [0.3, 0.4) is 0 Å². The van der Waals surface area contributed by atoms with Crippen LogP contribution in [0, 0.1) is 0 Å². The molecular formula is C9H9NOS2. The van der Waals surface area contributed by atoms with Crippen LogP contribution in [0.2, 0.25) is 0 Å². The van der Waals surface area contributed by atoms with Gasteiger partial charge in [0.2, 0.25) is 0 Å². The third kappa shape index (κ3) is 2.14. The highest BCUT2D eigenvalue weighted by atomic mass is 32.2. The van der Waals surface area contributed by atoms with E-state index in [2.05, 4.69) is 0 Å². The number of rotatable bonds is 3. The molecule has 1 aromatic heterocycles. The van der Waals surface area contributed by atoms with Gasteiger partial charge in [-0.3, -0.25) is 4.79 Å². The first-order valence-corrected chi connectivity index (χ1v) is 5.88. The largest absolute Gasteiger partial charge is 0.360 e. The van der Waals surface area contributed by atoms with E-state index in [0.29, 0.717) is 6.54 Å². The topological polar surface area (TPSA) is 20.3 Å². The van der Waals surface area contributed by atoms with Crippen LogP contribution < -0.4 is 0 Å². The van der Waals surface area contributed by atoms with Gasteiger partial charge in [-0.15, -0.1) is 23.1 Å². The molecule has 0 atom stereocenters. The van der Waals surface area contributed by atoms with Crippen molar-refractivity contribution in [3.8, 4) is 0 Å². The first kappa shape index (κ1) is 8.84. The fourth-order valence-corrected chi connectivity index (χ4v) is 2.48. The number of carbonyl (C=O) groups is 1. The molecule has 0 radical (unpaired) electrons. The number of thioether (sulfide) groups is 1. The van der Waals surface area contributed by atoms with Gasteiger partial charge >= 0.3 is 0 Å². The Bertz CT molecular complexity index is 318. The lowest BCUT2D eigenvalue weighted by Gasteiger charge is -2.11. The maximum Gasteiger partial charge on any atom is 0.191 e. The number of thiophene rings is 1. The summed E-state index contributed by atoms with van der Waals surface area (Å²) in [7, 11) is 0. The van der Waals surface area contributed by atoms with Gasteiger partial charge in [-0.25, -0.2) is 0 Å². The summed E-state index contributed by atoms with van der Waals surface area (Å²) in [5.74, 6) is 1.11. The molecule has 0 spiro atoms. The highest BCUT2D eigenvalue weighted by molar-refractivity contribution is 8.02. The molecule has 4 heteroatoms. The van der Waals surface area contributed by atoms with Crippen LogP contribution in [-0.2, 0) is 0 Å². The van der Waals surface area contributed by atoms with E-state index in [4.69, 9.17) is 0 Å². The van der Waals surface area contributed by atoms with Crippen LogP contribution in [0.1, 0.15) is 9.67 Å². The van der Waals surface area contributed by atoms with Crippen molar-refractivity contribution in [3.05, 3.63) is 34.0 Å². The minimum atomic E-state index is 0.210. The summed E-state index contributed by atoms with van der Waals surface area (Å²) in [6.07, 6.45) is 1.97. The lowest BCUT2D eigenvalue weighted by molar-refractivity contribution is 0.0967. The van der Waals surface area contributed by atoms with Crippen molar-refractivity contribution < 1.29 is 4.79 Å². The van der Waals surface area contributed by atoms with E-state index in [1.54, 1.807) is 11.8 Å². The van der Waals surface area contributed by atoms with Crippen LogP contribution in [0.4, 0.5) is 0 Å². The Hall–Kier alpha value is -0.740. The van der Waals surface area contributed by atoms with Gasteiger partial charge in [0, 0.05) is 6.20 Å². The molecule has 0 unspecified atom stereocenters. The van der Waals surface area contributed by atoms with Crippen LogP contribution in [0.25, 0.3) is 0 Å². The van der Waals surface area contributed by atoms with Crippen molar-refractivity contribution in [2.24, 2.45) is 0 Å². The van der Waals surface area contributed by atoms with E-state index in [1.165, 1.54) is 11.3 Å². The van der Waals surface area contributed by atoms with E-state index >= 15 is 0 Å². The Morgan fingerprint density at radius 3 is 3.15 bits per heavy atom. The zero-order valence-corrected chi connectivity index (χ0v) is 8.61. The zero-order chi connectivity index (χ0) is 9.10. The molecule has 13 heavy (non-hydrogen) atoms. The normalized spacial score (nSPS) is 15.2. The Morgan fingerprint density at radius 2 is 2.54 bits per heavy atom. The smallest absolute Gasteiger partial charge is 0.191 e. The lowest BCUT2D eigenvalue weighted by atomic mass is 10.3. The Kier molecular flexibility index (Phi) is 2.71. The molecule has 68 valence electrons. The molecule has 0 aliphatic carbocycles. The predicted octanol–water partition coefficient (Wildman–Crippen LogP) is 2.41. The van der Waals surface area contributed by atoms with Crippen LogP contribution in [0.15, 0.2) is 29.1 Å². The summed E-state index contributed by atoms with van der Waals surface area (Å²) < 4.78 is 0. The molecule has 0 fully saturated rings. The fraction of sp³-hybridized carbons (Fsp3) is 0.222. The number of hydrogen-bond donors (Lipinski definition) is 0. The monoisotopic (exact) mass is 211 g/mol. The maximum absolute atomic E-state index is 11.6. The number of ketones is 1. The summed E-state index contributed by atoms with van der Waals surface area (Å²) in [5, 5.41) is 3.95. The molecule has 0 N–H and O–H groups in total. The second-order valence-electron chi connectivity index (χ2n) is 2.73. The minimum absolute atomic E-state index is 0.210. The average Bonchev–Trinajstić information content (AvgIpc) is 2.74. The van der Waals surface area contributed by atoms with Gasteiger partial charge in [0.05, 0.1) is 17.3 Å². The Labute approximate surface area is 85.2 Å². The van der Waals surface area contributed by atoms with Crippen molar-refractivity contribution in [2.45, 2.75) is 0 Å². The predicted molar refractivity (Wildman–Crippen MR) is 57.0 cm³/mol. The third-order valence-electron chi connectivity index (χ3n) is 1.75. The molecule has 0 aromatic carbocycles. The van der Waals surface area contributed by atoms with Gasteiger partial charge in [-0.2, -0.15) is 0 Å². The van der Waals surface area contributed by atoms with E-state index in [-0.39, 0.29) is 5.78 Å². The molecule has 1 aliphatic rings. The standard InChI is InChI=1S/C9H9NOS2/c11-8(9-2-1-4-13-9)6-10-3-5-12-7-10/h1-5H,6-7H2. The molecule has 0 amide bonds. The second-order valence-corrected chi connectivity index (χ2v) is 4.54. The third-order valence-corrected chi connectivity index (χ3v) is 3.46. The van der Waals surface area contributed by atoms with Crippen LogP contribution in [0.5, 0.6) is 0 Å². The number of Topliss-reactive ketones (excluding diaryl/α,β-unsaturated/α-hetero) is 1. The van der Waals surface area contributed by atoms with Crippen molar-refractivity contribution in [2.75, 3.05) is 12.4 Å².